The highest BCUT2D eigenvalue weighted by molar-refractivity contribution is 5.86. The van der Waals surface area contributed by atoms with Crippen LogP contribution in [0.1, 0.15) is 31.2 Å². The van der Waals surface area contributed by atoms with Crippen molar-refractivity contribution < 1.29 is 14.6 Å². The smallest absolute Gasteiger partial charge is 0.241 e. The zero-order chi connectivity index (χ0) is 15.8. The van der Waals surface area contributed by atoms with Gasteiger partial charge in [-0.1, -0.05) is 12.5 Å². The van der Waals surface area contributed by atoms with E-state index in [1.54, 1.807) is 18.2 Å². The van der Waals surface area contributed by atoms with Gasteiger partial charge in [-0.15, -0.1) is 0 Å². The SMILES string of the molecule is COc1cccc(/C=N/NC(=O)CCN2CCCCC2)c1O. The maximum atomic E-state index is 11.7. The highest BCUT2D eigenvalue weighted by Gasteiger charge is 2.11. The number of aromatic hydroxyl groups is 1. The van der Waals surface area contributed by atoms with Gasteiger partial charge < -0.3 is 14.7 Å². The van der Waals surface area contributed by atoms with Crippen LogP contribution in [0, 0.1) is 0 Å². The highest BCUT2D eigenvalue weighted by atomic mass is 16.5. The van der Waals surface area contributed by atoms with Crippen LogP contribution in [0.15, 0.2) is 23.3 Å². The number of nitrogens with zero attached hydrogens (tertiary/aromatic N) is 2. The summed E-state index contributed by atoms with van der Waals surface area (Å²) >= 11 is 0. The Morgan fingerprint density at radius 2 is 2.18 bits per heavy atom. The van der Waals surface area contributed by atoms with Gasteiger partial charge in [-0.3, -0.25) is 4.79 Å². The van der Waals surface area contributed by atoms with E-state index in [0.29, 0.717) is 17.7 Å². The van der Waals surface area contributed by atoms with Gasteiger partial charge in [-0.05, 0) is 38.1 Å². The Bertz CT molecular complexity index is 525. The molecule has 1 fully saturated rings. The zero-order valence-corrected chi connectivity index (χ0v) is 12.9. The number of phenolic OH excluding ortho intramolecular Hbond substituents is 1. The molecule has 0 aliphatic carbocycles. The molecule has 0 aromatic heterocycles. The molecule has 0 spiro atoms. The number of carbonyl (C=O) groups excluding carboxylic acids is 1. The van der Waals surface area contributed by atoms with Crippen LogP contribution in [0.3, 0.4) is 0 Å². The normalized spacial score (nSPS) is 15.9. The van der Waals surface area contributed by atoms with Gasteiger partial charge in [-0.2, -0.15) is 5.10 Å². The molecule has 1 heterocycles. The standard InChI is InChI=1S/C16H23N3O3/c1-22-14-7-5-6-13(16(14)21)12-17-18-15(20)8-11-19-9-3-2-4-10-19/h5-7,12,21H,2-4,8-11H2,1H3,(H,18,20)/b17-12+. The number of hydrogen-bond acceptors (Lipinski definition) is 5. The Kier molecular flexibility index (Phi) is 6.21. The zero-order valence-electron chi connectivity index (χ0n) is 12.9. The summed E-state index contributed by atoms with van der Waals surface area (Å²) < 4.78 is 5.01. The van der Waals surface area contributed by atoms with Crippen molar-refractivity contribution in [1.29, 1.82) is 0 Å². The maximum Gasteiger partial charge on any atom is 0.241 e. The van der Waals surface area contributed by atoms with E-state index in [1.807, 2.05) is 0 Å². The van der Waals surface area contributed by atoms with Crippen molar-refractivity contribution in [3.05, 3.63) is 23.8 Å². The molecule has 0 unspecified atom stereocenters. The summed E-state index contributed by atoms with van der Waals surface area (Å²) in [6, 6.07) is 5.10. The van der Waals surface area contributed by atoms with E-state index in [-0.39, 0.29) is 11.7 Å². The monoisotopic (exact) mass is 305 g/mol. The molecule has 22 heavy (non-hydrogen) atoms. The number of likely N-dealkylation sites (tertiary alicyclic amines) is 1. The molecule has 6 heteroatoms. The van der Waals surface area contributed by atoms with Crippen LogP contribution in [-0.2, 0) is 4.79 Å². The van der Waals surface area contributed by atoms with Gasteiger partial charge in [0.05, 0.1) is 13.3 Å². The van der Waals surface area contributed by atoms with Crippen LogP contribution in [0.5, 0.6) is 11.5 Å². The summed E-state index contributed by atoms with van der Waals surface area (Å²) in [7, 11) is 1.48. The minimum Gasteiger partial charge on any atom is -0.504 e. The summed E-state index contributed by atoms with van der Waals surface area (Å²) in [5.41, 5.74) is 2.98. The Balaban J connectivity index is 1.78. The van der Waals surface area contributed by atoms with Crippen LogP contribution in [0.25, 0.3) is 0 Å². The Hall–Kier alpha value is -2.08. The third-order valence-corrected chi connectivity index (χ3v) is 3.75. The second-order valence-electron chi connectivity index (χ2n) is 5.34. The van der Waals surface area contributed by atoms with Gasteiger partial charge in [0.15, 0.2) is 11.5 Å². The third kappa shape index (κ3) is 4.73. The summed E-state index contributed by atoms with van der Waals surface area (Å²) in [5.74, 6) is 0.265. The number of methoxy groups -OCH3 is 1. The molecule has 2 rings (SSSR count). The van der Waals surface area contributed by atoms with Crippen molar-refractivity contribution in [2.75, 3.05) is 26.7 Å². The number of nitrogens with one attached hydrogen (secondary N) is 1. The number of phenols is 1. The largest absolute Gasteiger partial charge is 0.504 e. The predicted molar refractivity (Wildman–Crippen MR) is 85.3 cm³/mol. The molecule has 2 N–H and O–H groups in total. The first kappa shape index (κ1) is 16.3. The Morgan fingerprint density at radius 3 is 2.91 bits per heavy atom. The number of carbonyl (C=O) groups is 1. The fraction of sp³-hybridized carbons (Fsp3) is 0.500. The second-order valence-corrected chi connectivity index (χ2v) is 5.34. The molecular formula is C16H23N3O3. The average molecular weight is 305 g/mol. The molecule has 1 saturated heterocycles. The van der Waals surface area contributed by atoms with Crippen LogP contribution >= 0.6 is 0 Å². The Morgan fingerprint density at radius 1 is 1.41 bits per heavy atom. The van der Waals surface area contributed by atoms with Crippen LogP contribution < -0.4 is 10.2 Å². The molecule has 0 radical (unpaired) electrons. The lowest BCUT2D eigenvalue weighted by atomic mass is 10.1. The average Bonchev–Trinajstić information content (AvgIpc) is 2.55. The van der Waals surface area contributed by atoms with Gasteiger partial charge >= 0.3 is 0 Å². The first-order valence-corrected chi connectivity index (χ1v) is 7.61. The van der Waals surface area contributed by atoms with E-state index < -0.39 is 0 Å². The molecule has 1 amide bonds. The first-order chi connectivity index (χ1) is 10.7. The van der Waals surface area contributed by atoms with Crippen LogP contribution in [-0.4, -0.2) is 48.9 Å². The fourth-order valence-corrected chi connectivity index (χ4v) is 2.48. The molecule has 1 aliphatic rings. The summed E-state index contributed by atoms with van der Waals surface area (Å²) in [4.78, 5) is 14.1. The minimum absolute atomic E-state index is 0.0105. The van der Waals surface area contributed by atoms with Gasteiger partial charge in [0, 0.05) is 18.5 Å². The van der Waals surface area contributed by atoms with E-state index in [2.05, 4.69) is 15.4 Å². The van der Waals surface area contributed by atoms with Crippen molar-refractivity contribution in [2.45, 2.75) is 25.7 Å². The molecule has 1 aliphatic heterocycles. The lowest BCUT2D eigenvalue weighted by Gasteiger charge is -2.25. The number of rotatable bonds is 6. The van der Waals surface area contributed by atoms with Crippen molar-refractivity contribution in [2.24, 2.45) is 5.10 Å². The Labute approximate surface area is 130 Å². The van der Waals surface area contributed by atoms with Crippen molar-refractivity contribution >= 4 is 12.1 Å². The van der Waals surface area contributed by atoms with E-state index in [9.17, 15) is 9.90 Å². The predicted octanol–water partition coefficient (Wildman–Crippen LogP) is 1.73. The number of ether oxygens (including phenoxy) is 1. The van der Waals surface area contributed by atoms with Crippen LogP contribution in [0.2, 0.25) is 0 Å². The van der Waals surface area contributed by atoms with Crippen molar-refractivity contribution in [1.82, 2.24) is 10.3 Å². The van der Waals surface area contributed by atoms with Crippen molar-refractivity contribution in [3.63, 3.8) is 0 Å². The number of amides is 1. The van der Waals surface area contributed by atoms with Gasteiger partial charge in [0.2, 0.25) is 5.91 Å². The summed E-state index contributed by atoms with van der Waals surface area (Å²) in [6.45, 7) is 2.92. The van der Waals surface area contributed by atoms with E-state index in [4.69, 9.17) is 4.74 Å². The van der Waals surface area contributed by atoms with E-state index >= 15 is 0 Å². The maximum absolute atomic E-state index is 11.7. The van der Waals surface area contributed by atoms with Crippen molar-refractivity contribution in [3.8, 4) is 11.5 Å². The number of piperidine rings is 1. The third-order valence-electron chi connectivity index (χ3n) is 3.75. The molecule has 6 nitrogen and oxygen atoms in total. The van der Waals surface area contributed by atoms with Gasteiger partial charge in [0.25, 0.3) is 0 Å². The summed E-state index contributed by atoms with van der Waals surface area (Å²) in [6.07, 6.45) is 5.57. The van der Waals surface area contributed by atoms with Gasteiger partial charge in [0.1, 0.15) is 0 Å². The lowest BCUT2D eigenvalue weighted by Crippen LogP contribution is -2.33. The molecular weight excluding hydrogens is 282 g/mol. The molecule has 0 saturated carbocycles. The quantitative estimate of drug-likeness (QED) is 0.620. The summed E-state index contributed by atoms with van der Waals surface area (Å²) in [5, 5.41) is 13.8. The number of hydrazone groups is 1. The molecule has 120 valence electrons. The van der Waals surface area contributed by atoms with Crippen LogP contribution in [0.4, 0.5) is 0 Å². The van der Waals surface area contributed by atoms with E-state index in [0.717, 1.165) is 19.6 Å². The fourth-order valence-electron chi connectivity index (χ4n) is 2.48. The van der Waals surface area contributed by atoms with Gasteiger partial charge in [-0.25, -0.2) is 5.43 Å². The number of benzene rings is 1. The minimum atomic E-state index is -0.121. The van der Waals surface area contributed by atoms with E-state index in [1.165, 1.54) is 32.6 Å². The lowest BCUT2D eigenvalue weighted by molar-refractivity contribution is -0.121. The molecule has 1 aromatic carbocycles. The second kappa shape index (κ2) is 8.38. The number of para-hydroxylation sites is 1. The molecule has 0 atom stereocenters. The molecule has 0 bridgehead atoms. The molecule has 1 aromatic rings. The highest BCUT2D eigenvalue weighted by Crippen LogP contribution is 2.27. The first-order valence-electron chi connectivity index (χ1n) is 7.61. The topological polar surface area (TPSA) is 74.2 Å². The number of hydrogen-bond donors (Lipinski definition) is 2.